The molecule has 2 N–H and O–H groups in total. The molecule has 1 aromatic heterocycles. The number of nitrogens with one attached hydrogen (secondary N) is 1. The fraction of sp³-hybridized carbons (Fsp3) is 0.385. The second kappa shape index (κ2) is 17.3. The number of hydrogen-bond donors (Lipinski definition) is 2. The van der Waals surface area contributed by atoms with Crippen LogP contribution in [0.15, 0.2) is 67.0 Å². The van der Waals surface area contributed by atoms with Crippen LogP contribution in [0, 0.1) is 25.2 Å². The molecule has 0 spiro atoms. The third kappa shape index (κ3) is 9.06. The maximum Gasteiger partial charge on any atom is 0.142 e. The van der Waals surface area contributed by atoms with E-state index in [2.05, 4.69) is 71.5 Å². The molecular formula is C39H45ClN4O4. The van der Waals surface area contributed by atoms with E-state index in [-0.39, 0.29) is 19.3 Å². The summed E-state index contributed by atoms with van der Waals surface area (Å²) in [6.07, 6.45) is 6.83. The van der Waals surface area contributed by atoms with Crippen molar-refractivity contribution in [1.82, 2.24) is 15.2 Å². The van der Waals surface area contributed by atoms with E-state index in [4.69, 9.17) is 25.8 Å². The zero-order chi connectivity index (χ0) is 33.9. The van der Waals surface area contributed by atoms with E-state index in [1.54, 1.807) is 12.3 Å². The highest BCUT2D eigenvalue weighted by Crippen LogP contribution is 2.38. The number of nitriles is 1. The molecule has 1 saturated heterocycles. The lowest BCUT2D eigenvalue weighted by atomic mass is 9.93. The summed E-state index contributed by atoms with van der Waals surface area (Å²) in [5.41, 5.74) is 7.65. The van der Waals surface area contributed by atoms with E-state index >= 15 is 0 Å². The largest absolute Gasteiger partial charge is 0.493 e. The lowest BCUT2D eigenvalue weighted by Gasteiger charge is -2.21. The maximum atomic E-state index is 9.35. The number of aliphatic hydroxyl groups excluding tert-OH is 1. The van der Waals surface area contributed by atoms with Gasteiger partial charge >= 0.3 is 0 Å². The van der Waals surface area contributed by atoms with Gasteiger partial charge in [0, 0.05) is 48.7 Å². The van der Waals surface area contributed by atoms with Crippen LogP contribution in [-0.2, 0) is 13.2 Å². The summed E-state index contributed by atoms with van der Waals surface area (Å²) < 4.78 is 18.9. The predicted molar refractivity (Wildman–Crippen MR) is 190 cm³/mol. The minimum Gasteiger partial charge on any atom is -0.493 e. The first-order chi connectivity index (χ1) is 23.4. The lowest BCUT2D eigenvalue weighted by Crippen LogP contribution is -2.22. The fourth-order valence-electron chi connectivity index (χ4n) is 6.13. The molecule has 8 nitrogen and oxygen atoms in total. The van der Waals surface area contributed by atoms with E-state index < -0.39 is 0 Å². The Morgan fingerprint density at radius 1 is 0.938 bits per heavy atom. The molecule has 0 amide bonds. The van der Waals surface area contributed by atoms with Gasteiger partial charge in [0.2, 0.25) is 0 Å². The Kier molecular flexibility index (Phi) is 12.7. The number of ether oxygens (including phenoxy) is 3. The van der Waals surface area contributed by atoms with Gasteiger partial charge in [-0.1, -0.05) is 41.9 Å². The van der Waals surface area contributed by atoms with Gasteiger partial charge in [-0.05, 0) is 99.1 Å². The zero-order valence-corrected chi connectivity index (χ0v) is 28.9. The monoisotopic (exact) mass is 668 g/mol. The van der Waals surface area contributed by atoms with Crippen LogP contribution in [0.2, 0.25) is 5.02 Å². The lowest BCUT2D eigenvalue weighted by molar-refractivity contribution is 0.262. The standard InChI is InChI=1S/C39H45ClN4O4/c1-27-32(9-6-10-33(27)34-11-7-12-37(28(34)2)46-18-8-16-44-14-4-5-15-44)26-48-39-21-38(35(20-36(39)40)29(3)43-13-17-45)47-25-31-19-30(22-41)23-42-24-31/h6-7,9-12,19-21,23-24,29,43,45H,4-5,8,13-18,25-26H2,1-3H3. The molecule has 1 aliphatic rings. The molecule has 2 heterocycles. The Balaban J connectivity index is 1.31. The first-order valence-electron chi connectivity index (χ1n) is 16.7. The normalized spacial score (nSPS) is 13.7. The Hall–Kier alpha value is -4.13. The minimum absolute atomic E-state index is 0.0101. The van der Waals surface area contributed by atoms with Crippen molar-refractivity contribution in [2.45, 2.75) is 59.3 Å². The summed E-state index contributed by atoms with van der Waals surface area (Å²) in [4.78, 5) is 6.66. The van der Waals surface area contributed by atoms with Gasteiger partial charge in [0.15, 0.2) is 0 Å². The highest BCUT2D eigenvalue weighted by Gasteiger charge is 2.18. The van der Waals surface area contributed by atoms with Crippen LogP contribution >= 0.6 is 11.6 Å². The van der Waals surface area contributed by atoms with Crippen molar-refractivity contribution < 1.29 is 19.3 Å². The maximum absolute atomic E-state index is 9.35. The van der Waals surface area contributed by atoms with E-state index in [1.807, 2.05) is 19.1 Å². The number of benzene rings is 3. The number of nitrogens with zero attached hydrogens (tertiary/aromatic N) is 3. The van der Waals surface area contributed by atoms with Crippen LogP contribution in [0.4, 0.5) is 0 Å². The van der Waals surface area contributed by atoms with E-state index in [0.29, 0.717) is 41.8 Å². The van der Waals surface area contributed by atoms with Crippen LogP contribution in [-0.4, -0.2) is 54.4 Å². The van der Waals surface area contributed by atoms with Gasteiger partial charge in [-0.2, -0.15) is 5.26 Å². The molecule has 1 unspecified atom stereocenters. The van der Waals surface area contributed by atoms with Crippen molar-refractivity contribution in [3.8, 4) is 34.4 Å². The molecule has 9 heteroatoms. The summed E-state index contributed by atoms with van der Waals surface area (Å²) in [6.45, 7) is 11.4. The molecule has 48 heavy (non-hydrogen) atoms. The third-order valence-corrected chi connectivity index (χ3v) is 9.19. The summed E-state index contributed by atoms with van der Waals surface area (Å²) in [6, 6.07) is 19.9. The topological polar surface area (TPSA) is 99.9 Å². The highest BCUT2D eigenvalue weighted by molar-refractivity contribution is 6.32. The molecule has 0 radical (unpaired) electrons. The van der Waals surface area contributed by atoms with Gasteiger partial charge in [0.1, 0.15) is 36.5 Å². The fourth-order valence-corrected chi connectivity index (χ4v) is 6.36. The van der Waals surface area contributed by atoms with Crippen LogP contribution in [0.5, 0.6) is 17.2 Å². The van der Waals surface area contributed by atoms with Crippen molar-refractivity contribution in [1.29, 1.82) is 5.26 Å². The first kappa shape index (κ1) is 35.2. The second-order valence-electron chi connectivity index (χ2n) is 12.3. The highest BCUT2D eigenvalue weighted by atomic mass is 35.5. The average molecular weight is 669 g/mol. The van der Waals surface area contributed by atoms with Gasteiger partial charge in [-0.25, -0.2) is 0 Å². The SMILES string of the molecule is Cc1c(COc2cc(OCc3cncc(C#N)c3)c(C(C)NCCO)cc2Cl)cccc1-c1cccc(OCCCN2CCCC2)c1C. The third-order valence-electron chi connectivity index (χ3n) is 8.89. The number of halogens is 1. The Labute approximate surface area is 289 Å². The van der Waals surface area contributed by atoms with Gasteiger partial charge in [-0.15, -0.1) is 0 Å². The van der Waals surface area contributed by atoms with E-state index in [0.717, 1.165) is 57.7 Å². The molecule has 0 saturated carbocycles. The number of aromatic nitrogens is 1. The minimum atomic E-state index is -0.144. The molecule has 1 fully saturated rings. The Bertz CT molecular complexity index is 1720. The van der Waals surface area contributed by atoms with Crippen LogP contribution in [0.3, 0.4) is 0 Å². The Morgan fingerprint density at radius 2 is 1.69 bits per heavy atom. The van der Waals surface area contributed by atoms with Crippen LogP contribution in [0.25, 0.3) is 11.1 Å². The molecule has 3 aromatic carbocycles. The van der Waals surface area contributed by atoms with E-state index in [1.165, 1.54) is 32.1 Å². The van der Waals surface area contributed by atoms with Gasteiger partial charge in [0.25, 0.3) is 0 Å². The number of pyridine rings is 1. The van der Waals surface area contributed by atoms with Crippen LogP contribution < -0.4 is 19.5 Å². The van der Waals surface area contributed by atoms with Crippen molar-refractivity contribution >= 4 is 11.6 Å². The molecule has 1 aliphatic heterocycles. The molecule has 0 bridgehead atoms. The number of rotatable bonds is 16. The number of hydrogen-bond acceptors (Lipinski definition) is 8. The molecule has 4 aromatic rings. The molecule has 1 atom stereocenters. The van der Waals surface area contributed by atoms with Gasteiger partial charge < -0.3 is 29.5 Å². The zero-order valence-electron chi connectivity index (χ0n) is 28.1. The van der Waals surface area contributed by atoms with Crippen molar-refractivity contribution in [3.63, 3.8) is 0 Å². The van der Waals surface area contributed by atoms with Crippen molar-refractivity contribution in [3.05, 3.63) is 105 Å². The Morgan fingerprint density at radius 3 is 2.46 bits per heavy atom. The molecule has 0 aliphatic carbocycles. The van der Waals surface area contributed by atoms with Crippen molar-refractivity contribution in [2.24, 2.45) is 0 Å². The molecule has 5 rings (SSSR count). The number of likely N-dealkylation sites (tertiary alicyclic amines) is 1. The van der Waals surface area contributed by atoms with E-state index in [9.17, 15) is 10.4 Å². The summed E-state index contributed by atoms with van der Waals surface area (Å²) >= 11 is 6.78. The summed E-state index contributed by atoms with van der Waals surface area (Å²) in [5, 5.41) is 22.4. The van der Waals surface area contributed by atoms with Crippen molar-refractivity contribution in [2.75, 3.05) is 39.4 Å². The predicted octanol–water partition coefficient (Wildman–Crippen LogP) is 7.56. The molecular weight excluding hydrogens is 624 g/mol. The summed E-state index contributed by atoms with van der Waals surface area (Å²) in [7, 11) is 0. The second-order valence-corrected chi connectivity index (χ2v) is 12.7. The van der Waals surface area contributed by atoms with Crippen LogP contribution in [0.1, 0.15) is 65.6 Å². The smallest absolute Gasteiger partial charge is 0.142 e. The summed E-state index contributed by atoms with van der Waals surface area (Å²) in [5.74, 6) is 2.01. The number of aliphatic hydroxyl groups is 1. The first-order valence-corrected chi connectivity index (χ1v) is 17.1. The van der Waals surface area contributed by atoms with Gasteiger partial charge in [0.05, 0.1) is 23.8 Å². The quantitative estimate of drug-likeness (QED) is 0.118. The average Bonchev–Trinajstić information content (AvgIpc) is 3.63. The molecule has 252 valence electrons. The van der Waals surface area contributed by atoms with Gasteiger partial charge in [-0.3, -0.25) is 4.98 Å².